The summed E-state index contributed by atoms with van der Waals surface area (Å²) in [7, 11) is -3.04. The van der Waals surface area contributed by atoms with Crippen LogP contribution in [0.5, 0.6) is 0 Å². The lowest BCUT2D eigenvalue weighted by molar-refractivity contribution is -0.151. The van der Waals surface area contributed by atoms with Gasteiger partial charge in [-0.1, -0.05) is 13.3 Å². The predicted octanol–water partition coefficient (Wildman–Crippen LogP) is 1.53. The fourth-order valence-electron chi connectivity index (χ4n) is 3.03. The molecule has 6 heteroatoms. The number of likely N-dealkylation sites (N-methyl/N-ethyl adjacent to an activating group) is 1. The van der Waals surface area contributed by atoms with Gasteiger partial charge < -0.3 is 5.11 Å². The van der Waals surface area contributed by atoms with Crippen LogP contribution < -0.4 is 0 Å². The van der Waals surface area contributed by atoms with E-state index in [2.05, 4.69) is 0 Å². The molecule has 0 bridgehead atoms. The number of nitrogens with zero attached hydrogens (tertiary/aromatic N) is 1. The van der Waals surface area contributed by atoms with Crippen LogP contribution >= 0.6 is 0 Å². The predicted molar refractivity (Wildman–Crippen MR) is 75.0 cm³/mol. The number of carboxylic acids is 1. The molecule has 2 atom stereocenters. The second-order valence-electron chi connectivity index (χ2n) is 5.92. The first-order chi connectivity index (χ1) is 8.60. The smallest absolute Gasteiger partial charge is 0.323 e. The van der Waals surface area contributed by atoms with Crippen molar-refractivity contribution in [2.24, 2.45) is 0 Å². The maximum Gasteiger partial charge on any atom is 0.323 e. The molecular formula is C13H25NO4S. The van der Waals surface area contributed by atoms with Crippen molar-refractivity contribution in [1.82, 2.24) is 4.90 Å². The zero-order valence-corrected chi connectivity index (χ0v) is 13.0. The maximum atomic E-state index is 11.7. The van der Waals surface area contributed by atoms with E-state index >= 15 is 0 Å². The molecule has 0 aromatic rings. The molecule has 0 aromatic carbocycles. The number of hydrogen-bond acceptors (Lipinski definition) is 4. The molecule has 0 radical (unpaired) electrons. The summed E-state index contributed by atoms with van der Waals surface area (Å²) in [5.74, 6) is -0.865. The minimum absolute atomic E-state index is 0.0320. The number of sulfone groups is 1. The first-order valence-electron chi connectivity index (χ1n) is 6.79. The summed E-state index contributed by atoms with van der Waals surface area (Å²) in [6.45, 7) is 5.90. The van der Waals surface area contributed by atoms with E-state index in [1.54, 1.807) is 13.8 Å². The highest BCUT2D eigenvalue weighted by Gasteiger charge is 2.40. The molecule has 1 saturated carbocycles. The molecule has 0 amide bonds. The fourth-order valence-corrected chi connectivity index (χ4v) is 4.19. The number of aliphatic carboxylic acids is 1. The lowest BCUT2D eigenvalue weighted by Crippen LogP contribution is -2.56. The molecule has 1 aliphatic carbocycles. The Hall–Kier alpha value is -0.620. The van der Waals surface area contributed by atoms with E-state index < -0.39 is 21.3 Å². The number of hydrogen-bond donors (Lipinski definition) is 1. The van der Waals surface area contributed by atoms with Crippen LogP contribution in [0, 0.1) is 0 Å². The minimum Gasteiger partial charge on any atom is -0.480 e. The lowest BCUT2D eigenvalue weighted by atomic mass is 9.89. The highest BCUT2D eigenvalue weighted by Crippen LogP contribution is 2.31. The summed E-state index contributed by atoms with van der Waals surface area (Å²) in [5, 5.41) is 9.01. The van der Waals surface area contributed by atoms with E-state index in [-0.39, 0.29) is 11.3 Å². The van der Waals surface area contributed by atoms with Crippen molar-refractivity contribution in [2.45, 2.75) is 63.3 Å². The molecule has 5 nitrogen and oxygen atoms in total. The van der Waals surface area contributed by atoms with Crippen molar-refractivity contribution < 1.29 is 18.3 Å². The molecule has 0 heterocycles. The van der Waals surface area contributed by atoms with Gasteiger partial charge in [0.05, 0.1) is 5.25 Å². The Morgan fingerprint density at radius 3 is 2.37 bits per heavy atom. The van der Waals surface area contributed by atoms with Gasteiger partial charge in [-0.15, -0.1) is 0 Å². The number of carbonyl (C=O) groups is 1. The Morgan fingerprint density at radius 2 is 1.95 bits per heavy atom. The molecule has 112 valence electrons. The quantitative estimate of drug-likeness (QED) is 0.831. The summed E-state index contributed by atoms with van der Waals surface area (Å²) in [5.41, 5.74) is -0.960. The van der Waals surface area contributed by atoms with E-state index in [0.717, 1.165) is 12.8 Å². The van der Waals surface area contributed by atoms with Gasteiger partial charge in [0.25, 0.3) is 0 Å². The molecule has 0 aromatic heterocycles. The molecular weight excluding hydrogens is 266 g/mol. The molecule has 1 N–H and O–H groups in total. The summed E-state index contributed by atoms with van der Waals surface area (Å²) in [6.07, 6.45) is 4.23. The molecule has 1 fully saturated rings. The topological polar surface area (TPSA) is 74.7 Å². The van der Waals surface area contributed by atoms with Crippen molar-refractivity contribution in [3.8, 4) is 0 Å². The van der Waals surface area contributed by atoms with Gasteiger partial charge in [-0.2, -0.15) is 0 Å². The molecule has 0 saturated heterocycles. The minimum atomic E-state index is -3.04. The lowest BCUT2D eigenvalue weighted by Gasteiger charge is -2.43. The average molecular weight is 291 g/mol. The third kappa shape index (κ3) is 3.69. The SMILES string of the molecule is CCN(C1CCCC(S(C)(=O)=O)C1)C(C)(C)C(=O)O. The Morgan fingerprint density at radius 1 is 1.37 bits per heavy atom. The fraction of sp³-hybridized carbons (Fsp3) is 0.923. The van der Waals surface area contributed by atoms with Crippen LogP contribution in [0.2, 0.25) is 0 Å². The van der Waals surface area contributed by atoms with Crippen LogP contribution in [0.15, 0.2) is 0 Å². The highest BCUT2D eigenvalue weighted by molar-refractivity contribution is 7.91. The van der Waals surface area contributed by atoms with Gasteiger partial charge in [0.2, 0.25) is 0 Å². The van der Waals surface area contributed by atoms with E-state index in [9.17, 15) is 18.3 Å². The van der Waals surface area contributed by atoms with Crippen molar-refractivity contribution in [3.63, 3.8) is 0 Å². The van der Waals surface area contributed by atoms with Crippen LogP contribution in [0.3, 0.4) is 0 Å². The van der Waals surface area contributed by atoms with E-state index in [0.29, 0.717) is 19.4 Å². The zero-order chi connectivity index (χ0) is 14.8. The first kappa shape index (κ1) is 16.4. The van der Waals surface area contributed by atoms with Crippen molar-refractivity contribution in [2.75, 3.05) is 12.8 Å². The second-order valence-corrected chi connectivity index (χ2v) is 8.25. The van der Waals surface area contributed by atoms with Crippen LogP contribution in [0.25, 0.3) is 0 Å². The standard InChI is InChI=1S/C13H25NO4S/c1-5-14(13(2,3)12(15)16)10-7-6-8-11(9-10)19(4,17)18/h10-11H,5-9H2,1-4H3,(H,15,16). The molecule has 0 spiro atoms. The first-order valence-corrected chi connectivity index (χ1v) is 8.75. The average Bonchev–Trinajstić information content (AvgIpc) is 2.28. The Labute approximate surface area is 115 Å². The molecule has 19 heavy (non-hydrogen) atoms. The maximum absolute atomic E-state index is 11.7. The van der Waals surface area contributed by atoms with Gasteiger partial charge in [0.1, 0.15) is 15.4 Å². The van der Waals surface area contributed by atoms with Crippen LogP contribution in [-0.2, 0) is 14.6 Å². The zero-order valence-electron chi connectivity index (χ0n) is 12.2. The van der Waals surface area contributed by atoms with Crippen LogP contribution in [-0.4, -0.2) is 54.0 Å². The normalized spacial score (nSPS) is 25.5. The van der Waals surface area contributed by atoms with Gasteiger partial charge in [0.15, 0.2) is 0 Å². The Balaban J connectivity index is 2.91. The van der Waals surface area contributed by atoms with E-state index in [1.165, 1.54) is 6.26 Å². The van der Waals surface area contributed by atoms with Gasteiger partial charge in [0, 0.05) is 12.3 Å². The largest absolute Gasteiger partial charge is 0.480 e. The summed E-state index contributed by atoms with van der Waals surface area (Å²) < 4.78 is 23.4. The number of rotatable bonds is 5. The third-order valence-electron chi connectivity index (χ3n) is 4.23. The van der Waals surface area contributed by atoms with Gasteiger partial charge in [-0.25, -0.2) is 8.42 Å². The summed E-state index contributed by atoms with van der Waals surface area (Å²) >= 11 is 0. The van der Waals surface area contributed by atoms with Crippen molar-refractivity contribution in [3.05, 3.63) is 0 Å². The van der Waals surface area contributed by atoms with Crippen LogP contribution in [0.1, 0.15) is 46.5 Å². The van der Waals surface area contributed by atoms with Crippen LogP contribution in [0.4, 0.5) is 0 Å². The molecule has 0 aliphatic heterocycles. The van der Waals surface area contributed by atoms with E-state index in [4.69, 9.17) is 0 Å². The monoisotopic (exact) mass is 291 g/mol. The Bertz CT molecular complexity index is 430. The molecule has 2 unspecified atom stereocenters. The molecule has 1 aliphatic rings. The third-order valence-corrected chi connectivity index (χ3v) is 5.87. The number of carboxylic acid groups (broad SMARTS) is 1. The Kier molecular flexibility index (Phi) is 5.01. The van der Waals surface area contributed by atoms with Gasteiger partial charge in [-0.05, 0) is 39.7 Å². The molecule has 1 rings (SSSR count). The summed E-state index contributed by atoms with van der Waals surface area (Å²) in [4.78, 5) is 13.3. The highest BCUT2D eigenvalue weighted by atomic mass is 32.2. The van der Waals surface area contributed by atoms with Gasteiger partial charge in [-0.3, -0.25) is 9.69 Å². The van der Waals surface area contributed by atoms with E-state index in [1.807, 2.05) is 11.8 Å². The van der Waals surface area contributed by atoms with Crippen molar-refractivity contribution in [1.29, 1.82) is 0 Å². The second kappa shape index (κ2) is 5.79. The van der Waals surface area contributed by atoms with Crippen molar-refractivity contribution >= 4 is 15.8 Å². The van der Waals surface area contributed by atoms with Gasteiger partial charge >= 0.3 is 5.97 Å². The summed E-state index contributed by atoms with van der Waals surface area (Å²) in [6, 6.07) is 0.0320.